The molecule has 0 aliphatic carbocycles. The van der Waals surface area contributed by atoms with E-state index in [2.05, 4.69) is 10.0 Å². The Morgan fingerprint density at radius 3 is 1.20 bits per heavy atom. The number of hydrogen-bond donors (Lipinski definition) is 6. The van der Waals surface area contributed by atoms with Crippen molar-refractivity contribution in [1.29, 1.82) is 0 Å². The molecule has 37 nitrogen and oxygen atoms in total. The average Bonchev–Trinajstić information content (AvgIpc) is 0.776. The van der Waals surface area contributed by atoms with Crippen LogP contribution >= 0.6 is 0 Å². The number of nitrogens with zero attached hydrogens (tertiary/aromatic N) is 3. The molecule has 0 amide bonds. The van der Waals surface area contributed by atoms with E-state index >= 15 is 0 Å². The topological polar surface area (TPSA) is 429 Å². The van der Waals surface area contributed by atoms with Gasteiger partial charge in [0.05, 0.1) is 52.4 Å². The van der Waals surface area contributed by atoms with Gasteiger partial charge >= 0.3 is 0 Å². The highest BCUT2D eigenvalue weighted by Gasteiger charge is 2.61. The van der Waals surface area contributed by atoms with Gasteiger partial charge in [0.15, 0.2) is 50.3 Å². The van der Waals surface area contributed by atoms with Gasteiger partial charge in [-0.3, -0.25) is 0 Å². The molecule has 9 heterocycles. The van der Waals surface area contributed by atoms with Crippen molar-refractivity contribution in [3.8, 4) is 0 Å². The summed E-state index contributed by atoms with van der Waals surface area (Å²) in [6.07, 6.45) is -41.7. The highest BCUT2D eigenvalue weighted by molar-refractivity contribution is 5.17. The molecule has 10 rings (SSSR count). The molecule has 0 spiro atoms. The van der Waals surface area contributed by atoms with Crippen molar-refractivity contribution >= 4 is 0 Å². The van der Waals surface area contributed by atoms with E-state index in [-0.39, 0.29) is 33.0 Å². The van der Waals surface area contributed by atoms with Gasteiger partial charge in [0, 0.05) is 95.8 Å². The molecule has 0 aromatic heterocycles. The molecular formula is C61H97N3O34. The first-order valence-electron chi connectivity index (χ1n) is 32.2. The number of methoxy groups -OCH3 is 12. The van der Waals surface area contributed by atoms with E-state index in [1.807, 2.05) is 6.07 Å². The van der Waals surface area contributed by atoms with E-state index in [0.29, 0.717) is 5.56 Å². The molecule has 560 valence electrons. The summed E-state index contributed by atoms with van der Waals surface area (Å²) >= 11 is 0. The van der Waals surface area contributed by atoms with Crippen LogP contribution in [0.5, 0.6) is 0 Å². The Balaban J connectivity index is 0.807. The maximum Gasteiger partial charge on any atom is 0.187 e. The quantitative estimate of drug-likeness (QED) is 0.0241. The minimum absolute atomic E-state index is 0.0334. The molecule has 0 radical (unpaired) electrons. The SMILES string of the molecule is COCC1O[C@@H](O[C@H]2C3CO[C@H](O3)[C@@H](N=[N+]=[N-])C2OC)C(OC)C(OC)[C@@H]1O[C@H]1OC(COC)[C@@H](O[C@@H]2OC(COC)[C@@H](O[C@@H]3OC(CO)[C@@H](O[C@@H]4OC(CO)[C@@H](O[C@H]5OC6COC(c7ccccc7)O[C@H]6C(O)C5O)C(O)C4O)C(OC)[C@@H]3OC)C(OC)[C@@H]2OC)C(OC)C1OC. The van der Waals surface area contributed by atoms with Gasteiger partial charge in [-0.25, -0.2) is 0 Å². The number of aliphatic hydroxyl groups is 6. The predicted octanol–water partition coefficient (Wildman–Crippen LogP) is -3.30. The lowest BCUT2D eigenvalue weighted by molar-refractivity contribution is -0.404. The lowest BCUT2D eigenvalue weighted by Crippen LogP contribution is -2.69. The van der Waals surface area contributed by atoms with Crippen molar-refractivity contribution in [2.75, 3.05) is 132 Å². The van der Waals surface area contributed by atoms with Crippen LogP contribution in [0.1, 0.15) is 11.9 Å². The maximum atomic E-state index is 11.7. The maximum absolute atomic E-state index is 11.7. The molecule has 9 saturated heterocycles. The third kappa shape index (κ3) is 16.2. The molecule has 36 atom stereocenters. The molecule has 1 aromatic carbocycles. The van der Waals surface area contributed by atoms with Gasteiger partial charge in [0.1, 0.15) is 165 Å². The zero-order valence-corrected chi connectivity index (χ0v) is 56.6. The van der Waals surface area contributed by atoms with Crippen LogP contribution in [-0.2, 0) is 133 Å². The number of fused-ring (bicyclic) bond motifs is 3. The number of ether oxygens (including phenoxy) is 28. The van der Waals surface area contributed by atoms with Gasteiger partial charge in [0.25, 0.3) is 0 Å². The first-order chi connectivity index (χ1) is 47.6. The molecule has 98 heavy (non-hydrogen) atoms. The summed E-state index contributed by atoms with van der Waals surface area (Å²) in [5, 5.41) is 71.4. The van der Waals surface area contributed by atoms with E-state index in [9.17, 15) is 36.2 Å². The molecule has 9 aliphatic rings. The Kier molecular flexibility index (Phi) is 28.8. The summed E-state index contributed by atoms with van der Waals surface area (Å²) in [6.45, 7) is -1.72. The second-order valence-corrected chi connectivity index (χ2v) is 24.6. The van der Waals surface area contributed by atoms with Crippen LogP contribution in [0.4, 0.5) is 0 Å². The third-order valence-corrected chi connectivity index (χ3v) is 19.2. The Hall–Kier alpha value is -2.83. The van der Waals surface area contributed by atoms with Crippen LogP contribution in [0.3, 0.4) is 0 Å². The zero-order chi connectivity index (χ0) is 70.1. The van der Waals surface area contributed by atoms with Crippen molar-refractivity contribution in [3.05, 3.63) is 46.3 Å². The molecule has 9 aliphatic heterocycles. The predicted molar refractivity (Wildman–Crippen MR) is 320 cm³/mol. The molecule has 37 heteroatoms. The first-order valence-corrected chi connectivity index (χ1v) is 32.2. The van der Waals surface area contributed by atoms with Gasteiger partial charge in [0.2, 0.25) is 0 Å². The van der Waals surface area contributed by atoms with E-state index in [4.69, 9.17) is 133 Å². The molecule has 19 unspecified atom stereocenters. The number of rotatable bonds is 31. The van der Waals surface area contributed by atoms with E-state index in [1.54, 1.807) is 24.3 Å². The second-order valence-electron chi connectivity index (χ2n) is 24.6. The molecule has 9 fully saturated rings. The van der Waals surface area contributed by atoms with Crippen LogP contribution in [0.25, 0.3) is 10.4 Å². The van der Waals surface area contributed by atoms with Crippen LogP contribution in [-0.4, -0.2) is 377 Å². The molecule has 1 aromatic rings. The fourth-order valence-electron chi connectivity index (χ4n) is 14.4. The van der Waals surface area contributed by atoms with Crippen molar-refractivity contribution in [2.45, 2.75) is 221 Å². The monoisotopic (exact) mass is 1420 g/mol. The van der Waals surface area contributed by atoms with Crippen LogP contribution in [0, 0.1) is 0 Å². The van der Waals surface area contributed by atoms with Gasteiger partial charge < -0.3 is 163 Å². The van der Waals surface area contributed by atoms with Crippen molar-refractivity contribution in [1.82, 2.24) is 0 Å². The fourth-order valence-corrected chi connectivity index (χ4v) is 14.4. The summed E-state index contributed by atoms with van der Waals surface area (Å²) < 4.78 is 174. The minimum atomic E-state index is -1.92. The van der Waals surface area contributed by atoms with Crippen molar-refractivity contribution < 1.29 is 163 Å². The third-order valence-electron chi connectivity index (χ3n) is 19.2. The highest BCUT2D eigenvalue weighted by atomic mass is 16.8. The average molecular weight is 1420 g/mol. The van der Waals surface area contributed by atoms with Crippen molar-refractivity contribution in [3.63, 3.8) is 0 Å². The Morgan fingerprint density at radius 2 is 0.765 bits per heavy atom. The van der Waals surface area contributed by atoms with Crippen molar-refractivity contribution in [2.24, 2.45) is 5.11 Å². The number of hydrogen-bond acceptors (Lipinski definition) is 35. The lowest BCUT2D eigenvalue weighted by atomic mass is 9.94. The second kappa shape index (κ2) is 36.2. The Morgan fingerprint density at radius 1 is 0.388 bits per heavy atom. The summed E-state index contributed by atoms with van der Waals surface area (Å²) in [6, 6.07) is 8.12. The Bertz CT molecular complexity index is 2580. The Labute approximate surface area is 566 Å². The summed E-state index contributed by atoms with van der Waals surface area (Å²) in [7, 11) is 17.3. The smallest absolute Gasteiger partial charge is 0.187 e. The number of aliphatic hydroxyl groups excluding tert-OH is 6. The standard InChI is InChI=1S/C61H97N3O34/c1-71-20-28-42(96-58-50(79-9)46(75-5)40(27(19-66)86-58)94-56-36(69)34(67)38(26(18-65)85-56)93-57-37(70)35(68)39-31(88-57)23-83-54(92-39)25-16-14-13-15-17-25)47(76-6)52(81-11)60(90-28)98-44-30(22-73-3)91-61(53(82-12)49(44)78-8)97-43-29(21-72-2)89-59(51(80-10)48(43)77-7)95-41-32-24-84-55(87-32)33(63-64-62)45(41)74-4/h13-17,26-61,65-70H,18-24H2,1-12H3/t26?,27?,28?,29?,30?,31?,32?,33-,34?,35?,36?,37?,38+,39+,40+,41-,42+,43+,44+,45?,46?,47?,48?,49?,50-,51?,52-,53?,54?,55+,56-,57+,58-,59-,60-,61+/m0/s1. The molecule has 2 bridgehead atoms. The first kappa shape index (κ1) is 77.8. The van der Waals surface area contributed by atoms with Gasteiger partial charge in [-0.15, -0.1) is 0 Å². The zero-order valence-electron chi connectivity index (χ0n) is 56.6. The lowest BCUT2D eigenvalue weighted by Gasteiger charge is -2.52. The molecular weight excluding hydrogens is 1320 g/mol. The van der Waals surface area contributed by atoms with Crippen LogP contribution in [0.2, 0.25) is 0 Å². The van der Waals surface area contributed by atoms with E-state index in [1.165, 1.54) is 85.3 Å². The van der Waals surface area contributed by atoms with E-state index in [0.717, 1.165) is 0 Å². The molecule has 0 saturated carbocycles. The highest BCUT2D eigenvalue weighted by Crippen LogP contribution is 2.43. The molecule has 6 N–H and O–H groups in total. The summed E-state index contributed by atoms with van der Waals surface area (Å²) in [5.74, 6) is 0. The van der Waals surface area contributed by atoms with Gasteiger partial charge in [-0.05, 0) is 5.53 Å². The van der Waals surface area contributed by atoms with Crippen LogP contribution in [0.15, 0.2) is 35.4 Å². The fraction of sp³-hybridized carbons (Fsp3) is 0.902. The van der Waals surface area contributed by atoms with Crippen LogP contribution < -0.4 is 0 Å². The summed E-state index contributed by atoms with van der Waals surface area (Å²) in [4.78, 5) is 2.99. The van der Waals surface area contributed by atoms with Gasteiger partial charge in [-0.2, -0.15) is 0 Å². The largest absolute Gasteiger partial charge is 0.394 e. The minimum Gasteiger partial charge on any atom is -0.394 e. The number of benzene rings is 1. The van der Waals surface area contributed by atoms with Gasteiger partial charge in [-0.1, -0.05) is 35.4 Å². The van der Waals surface area contributed by atoms with E-state index < -0.39 is 234 Å². The normalized spacial score (nSPS) is 46.7. The number of azide groups is 1. The summed E-state index contributed by atoms with van der Waals surface area (Å²) in [5.41, 5.74) is 10.1.